The Bertz CT molecular complexity index is 422. The number of rotatable bonds is 5. The molecule has 0 aliphatic heterocycles. The van der Waals surface area contributed by atoms with E-state index in [0.717, 1.165) is 5.56 Å². The third-order valence-electron chi connectivity index (χ3n) is 2.20. The quantitative estimate of drug-likeness (QED) is 0.797. The first-order valence-corrected chi connectivity index (χ1v) is 6.50. The third-order valence-corrected chi connectivity index (χ3v) is 3.49. The number of benzene rings is 1. The van der Waals surface area contributed by atoms with E-state index in [4.69, 9.17) is 4.18 Å². The molecule has 1 atom stereocenters. The molecule has 1 N–H and O–H groups in total. The fourth-order valence-corrected chi connectivity index (χ4v) is 2.00. The average molecular weight is 244 g/mol. The highest BCUT2D eigenvalue weighted by molar-refractivity contribution is 7.86. The molecule has 0 amide bonds. The first kappa shape index (κ1) is 13.2. The molecule has 0 spiro atoms. The Hall–Kier alpha value is -0.910. The van der Waals surface area contributed by atoms with Crippen molar-refractivity contribution >= 4 is 10.1 Å². The van der Waals surface area contributed by atoms with Crippen molar-refractivity contribution in [1.29, 1.82) is 0 Å². The highest BCUT2D eigenvalue weighted by Gasteiger charge is 2.16. The van der Waals surface area contributed by atoms with Gasteiger partial charge in [-0.1, -0.05) is 24.6 Å². The standard InChI is InChI=1S/C11H16O4S/c1-3-10(12)8-15-16(13,14)11-6-4-9(2)5-7-11/h4-7,10,12H,3,8H2,1-2H3/t10-/m0/s1. The highest BCUT2D eigenvalue weighted by atomic mass is 32.2. The van der Waals surface area contributed by atoms with E-state index < -0.39 is 16.2 Å². The van der Waals surface area contributed by atoms with Gasteiger partial charge in [-0.3, -0.25) is 4.18 Å². The second-order valence-electron chi connectivity index (χ2n) is 3.61. The van der Waals surface area contributed by atoms with E-state index in [1.165, 1.54) is 12.1 Å². The van der Waals surface area contributed by atoms with Crippen LogP contribution >= 0.6 is 0 Å². The molecule has 0 saturated heterocycles. The van der Waals surface area contributed by atoms with Gasteiger partial charge in [0.15, 0.2) is 0 Å². The summed E-state index contributed by atoms with van der Waals surface area (Å²) in [5.74, 6) is 0. The Kier molecular flexibility index (Phi) is 4.46. The van der Waals surface area contributed by atoms with Crippen molar-refractivity contribution in [3.05, 3.63) is 29.8 Å². The minimum Gasteiger partial charge on any atom is -0.391 e. The molecule has 0 heterocycles. The van der Waals surface area contributed by atoms with Gasteiger partial charge in [0.05, 0.1) is 17.6 Å². The summed E-state index contributed by atoms with van der Waals surface area (Å²) < 4.78 is 28.0. The molecule has 1 aromatic rings. The molecule has 0 aliphatic carbocycles. The number of hydrogen-bond acceptors (Lipinski definition) is 4. The predicted molar refractivity (Wildman–Crippen MR) is 60.6 cm³/mol. The Morgan fingerprint density at radius 3 is 2.38 bits per heavy atom. The fraction of sp³-hybridized carbons (Fsp3) is 0.455. The zero-order valence-electron chi connectivity index (χ0n) is 9.38. The highest BCUT2D eigenvalue weighted by Crippen LogP contribution is 2.13. The smallest absolute Gasteiger partial charge is 0.297 e. The van der Waals surface area contributed by atoms with E-state index >= 15 is 0 Å². The number of aliphatic hydroxyl groups excluding tert-OH is 1. The van der Waals surface area contributed by atoms with E-state index in [1.807, 2.05) is 6.92 Å². The molecule has 0 bridgehead atoms. The van der Waals surface area contributed by atoms with Gasteiger partial charge in [0.1, 0.15) is 0 Å². The molecule has 0 aromatic heterocycles. The Labute approximate surface area is 96.0 Å². The van der Waals surface area contributed by atoms with Gasteiger partial charge in [-0.15, -0.1) is 0 Å². The van der Waals surface area contributed by atoms with Crippen LogP contribution in [-0.2, 0) is 14.3 Å². The predicted octanol–water partition coefficient (Wildman–Crippen LogP) is 1.47. The summed E-state index contributed by atoms with van der Waals surface area (Å²) in [6, 6.07) is 6.38. The molecular weight excluding hydrogens is 228 g/mol. The normalized spacial score (nSPS) is 13.7. The van der Waals surface area contributed by atoms with Crippen molar-refractivity contribution in [2.24, 2.45) is 0 Å². The number of aliphatic hydroxyl groups is 1. The van der Waals surface area contributed by atoms with Crippen molar-refractivity contribution in [2.45, 2.75) is 31.3 Å². The van der Waals surface area contributed by atoms with Crippen LogP contribution in [0.3, 0.4) is 0 Å². The van der Waals surface area contributed by atoms with Crippen LogP contribution in [0.2, 0.25) is 0 Å². The summed E-state index contributed by atoms with van der Waals surface area (Å²) in [4.78, 5) is 0.112. The molecule has 0 saturated carbocycles. The molecule has 0 radical (unpaired) electrons. The summed E-state index contributed by atoms with van der Waals surface area (Å²) in [6.45, 7) is 3.43. The zero-order valence-corrected chi connectivity index (χ0v) is 10.2. The molecule has 0 aliphatic rings. The number of hydrogen-bond donors (Lipinski definition) is 1. The maximum absolute atomic E-state index is 11.6. The van der Waals surface area contributed by atoms with Crippen LogP contribution in [0.4, 0.5) is 0 Å². The van der Waals surface area contributed by atoms with Crippen LogP contribution in [0.1, 0.15) is 18.9 Å². The van der Waals surface area contributed by atoms with E-state index in [0.29, 0.717) is 6.42 Å². The Morgan fingerprint density at radius 2 is 1.88 bits per heavy atom. The van der Waals surface area contributed by atoms with Gasteiger partial charge in [-0.2, -0.15) is 8.42 Å². The molecule has 0 fully saturated rings. The second-order valence-corrected chi connectivity index (χ2v) is 5.23. The molecule has 1 aromatic carbocycles. The van der Waals surface area contributed by atoms with Crippen LogP contribution < -0.4 is 0 Å². The lowest BCUT2D eigenvalue weighted by molar-refractivity contribution is 0.107. The van der Waals surface area contributed by atoms with Crippen molar-refractivity contribution in [3.8, 4) is 0 Å². The largest absolute Gasteiger partial charge is 0.391 e. The van der Waals surface area contributed by atoms with Crippen molar-refractivity contribution in [3.63, 3.8) is 0 Å². The van der Waals surface area contributed by atoms with Gasteiger partial charge in [0.25, 0.3) is 10.1 Å². The maximum Gasteiger partial charge on any atom is 0.297 e. The van der Waals surface area contributed by atoms with E-state index in [2.05, 4.69) is 0 Å². The summed E-state index contributed by atoms with van der Waals surface area (Å²) in [6.07, 6.45) is -0.288. The summed E-state index contributed by atoms with van der Waals surface area (Å²) in [5, 5.41) is 9.22. The molecule has 0 unspecified atom stereocenters. The average Bonchev–Trinajstić information content (AvgIpc) is 2.26. The van der Waals surface area contributed by atoms with E-state index in [-0.39, 0.29) is 11.5 Å². The minimum atomic E-state index is -3.74. The summed E-state index contributed by atoms with van der Waals surface area (Å²) in [5.41, 5.74) is 0.979. The van der Waals surface area contributed by atoms with Gasteiger partial charge >= 0.3 is 0 Å². The van der Waals surface area contributed by atoms with Crippen LogP contribution in [0.5, 0.6) is 0 Å². The molecule has 4 nitrogen and oxygen atoms in total. The van der Waals surface area contributed by atoms with Crippen molar-refractivity contribution in [2.75, 3.05) is 6.61 Å². The third kappa shape index (κ3) is 3.59. The Balaban J connectivity index is 2.74. The lowest BCUT2D eigenvalue weighted by atomic mass is 10.2. The van der Waals surface area contributed by atoms with E-state index in [9.17, 15) is 13.5 Å². The number of aryl methyl sites for hydroxylation is 1. The fourth-order valence-electron chi connectivity index (χ4n) is 1.06. The van der Waals surface area contributed by atoms with Crippen LogP contribution in [0.25, 0.3) is 0 Å². The molecule has 5 heteroatoms. The van der Waals surface area contributed by atoms with E-state index in [1.54, 1.807) is 19.1 Å². The first-order valence-electron chi connectivity index (χ1n) is 5.10. The monoisotopic (exact) mass is 244 g/mol. The second kappa shape index (κ2) is 5.43. The minimum absolute atomic E-state index is 0.112. The lowest BCUT2D eigenvalue weighted by Gasteiger charge is -2.09. The lowest BCUT2D eigenvalue weighted by Crippen LogP contribution is -2.18. The topological polar surface area (TPSA) is 63.6 Å². The van der Waals surface area contributed by atoms with Crippen LogP contribution in [-0.4, -0.2) is 26.2 Å². The van der Waals surface area contributed by atoms with Crippen LogP contribution in [0, 0.1) is 6.92 Å². The molecule has 1 rings (SSSR count). The maximum atomic E-state index is 11.6. The van der Waals surface area contributed by atoms with Crippen LogP contribution in [0.15, 0.2) is 29.2 Å². The summed E-state index contributed by atoms with van der Waals surface area (Å²) >= 11 is 0. The zero-order chi connectivity index (χ0) is 12.2. The Morgan fingerprint density at radius 1 is 1.31 bits per heavy atom. The first-order chi connectivity index (χ1) is 7.45. The van der Waals surface area contributed by atoms with Gasteiger partial charge in [-0.25, -0.2) is 0 Å². The van der Waals surface area contributed by atoms with Gasteiger partial charge in [-0.05, 0) is 25.5 Å². The van der Waals surface area contributed by atoms with Gasteiger partial charge < -0.3 is 5.11 Å². The summed E-state index contributed by atoms with van der Waals surface area (Å²) in [7, 11) is -3.74. The molecule has 16 heavy (non-hydrogen) atoms. The molecule has 90 valence electrons. The van der Waals surface area contributed by atoms with Crippen molar-refractivity contribution < 1.29 is 17.7 Å². The van der Waals surface area contributed by atoms with Crippen molar-refractivity contribution in [1.82, 2.24) is 0 Å². The SMILES string of the molecule is CC[C@H](O)COS(=O)(=O)c1ccc(C)cc1. The van der Waals surface area contributed by atoms with Gasteiger partial charge in [0.2, 0.25) is 0 Å². The molecular formula is C11H16O4S. The van der Waals surface area contributed by atoms with Gasteiger partial charge in [0, 0.05) is 0 Å².